The Morgan fingerprint density at radius 1 is 0.370 bits per heavy atom. The molecule has 0 fully saturated rings. The minimum absolute atomic E-state index is 0. The number of rotatable bonds is 10. The fourth-order valence-electron chi connectivity index (χ4n) is 6.31. The van der Waals surface area contributed by atoms with Crippen molar-refractivity contribution in [2.45, 2.75) is 6.42 Å². The molecule has 0 heterocycles. The molecule has 13 heteroatoms. The van der Waals surface area contributed by atoms with Crippen LogP contribution in [0.1, 0.15) is 6.42 Å². The molecule has 0 aliphatic carbocycles. The summed E-state index contributed by atoms with van der Waals surface area (Å²) in [6.45, 7) is 0. The number of carbonyl (C=O) groups is 2. The third-order valence-electron chi connectivity index (χ3n) is 8.34. The predicted octanol–water partition coefficient (Wildman–Crippen LogP) is -1.85. The molecule has 0 aliphatic rings. The first-order valence-corrected chi connectivity index (χ1v) is 19.8. The van der Waals surface area contributed by atoms with Crippen molar-refractivity contribution in [1.29, 1.82) is 0 Å². The van der Waals surface area contributed by atoms with Crippen LogP contribution in [0.15, 0.2) is 182 Å². The van der Waals surface area contributed by atoms with Crippen molar-refractivity contribution in [2.24, 2.45) is 0 Å². The largest absolute Gasteiger partial charge is 2.00 e. The molecule has 0 atom stereocenters. The molecule has 284 valence electrons. The molecule has 0 saturated carbocycles. The number of benzene rings is 6. The molecule has 0 aliphatic heterocycles. The van der Waals surface area contributed by atoms with Crippen LogP contribution in [-0.2, 0) is 36.1 Å². The van der Waals surface area contributed by atoms with Gasteiger partial charge in [0.1, 0.15) is 46.4 Å². The first-order chi connectivity index (χ1) is 25.0. The number of carbonyl (C=O) groups excluding carboxylic acids is 2. The average Bonchev–Trinajstić information content (AvgIpc) is 3.22. The van der Waals surface area contributed by atoms with Crippen molar-refractivity contribution in [3.8, 4) is 0 Å². The summed E-state index contributed by atoms with van der Waals surface area (Å²) in [5.74, 6) is -4.37. The minimum Gasteiger partial charge on any atom is -2.00 e. The second-order valence-electron chi connectivity index (χ2n) is 11.0. The van der Waals surface area contributed by atoms with Crippen molar-refractivity contribution in [1.82, 2.24) is 0 Å². The molecule has 54 heavy (non-hydrogen) atoms. The Kier molecular flexibility index (Phi) is 24.2. The second kappa shape index (κ2) is 26.4. The fraction of sp³-hybridized carbons (Fsp3) is 0.0732. The van der Waals surface area contributed by atoms with Crippen molar-refractivity contribution < 1.29 is 72.8 Å². The number of carboxylic acids is 2. The smallest absolute Gasteiger partial charge is 0.112 e. The summed E-state index contributed by atoms with van der Waals surface area (Å²) >= 11 is 0. The number of carboxylic acid groups (broad SMARTS) is 2. The van der Waals surface area contributed by atoms with Crippen LogP contribution in [0.4, 0.5) is 0 Å². The number of hydrogen-bond acceptors (Lipinski definition) is 8. The van der Waals surface area contributed by atoms with Crippen molar-refractivity contribution in [2.75, 3.05) is 12.3 Å². The zero-order valence-electron chi connectivity index (χ0n) is 28.9. The van der Waals surface area contributed by atoms with Gasteiger partial charge in [-0.25, -0.2) is 0 Å². The van der Waals surface area contributed by atoms with Gasteiger partial charge in [0.15, 0.2) is 0 Å². The van der Waals surface area contributed by atoms with Crippen molar-refractivity contribution in [3.05, 3.63) is 182 Å². The van der Waals surface area contributed by atoms with Crippen LogP contribution in [0.5, 0.6) is 0 Å². The molecular formula is C41H38MoO10P2-6. The second-order valence-corrected chi connectivity index (χ2v) is 18.2. The molecule has 0 aromatic heterocycles. The molecule has 6 aromatic carbocycles. The van der Waals surface area contributed by atoms with E-state index in [1.54, 1.807) is 0 Å². The van der Waals surface area contributed by atoms with E-state index < -0.39 is 26.5 Å². The third kappa shape index (κ3) is 12.3. The number of aliphatic carboxylic acids is 2. The Morgan fingerprint density at radius 3 is 0.648 bits per heavy atom. The van der Waals surface area contributed by atoms with Crippen LogP contribution < -0.4 is 63.1 Å². The zero-order chi connectivity index (χ0) is 37.0. The summed E-state index contributed by atoms with van der Waals surface area (Å²) in [5.41, 5.74) is 0. The van der Waals surface area contributed by atoms with Gasteiger partial charge in [-0.15, -0.1) is 0 Å². The molecule has 6 aromatic rings. The maximum absolute atomic E-state index is 8.93. The van der Waals surface area contributed by atoms with Crippen LogP contribution in [0, 0.1) is 0 Å². The standard InChI is InChI=1S/C39H36P2.C2H2O4.Mo.2O2.H2O.O/c1-7-20-34(21-8-1)40(35-22-9-2-10-23-35,36-24-11-3-12-25-36)32-19-33-41(37-26-13-4-14-27-37,38-28-15-5-16-29-38)39-30-17-6-18-31-39;3-1(4)2(5)6;;2*1-2;;/h1-18,20-31H,19,32-33H2;(H,3,4)(H,5,6);;;;1H2;/q+2;;;2*-2;;-2/p-2. The summed E-state index contributed by atoms with van der Waals surface area (Å²) in [5, 5.41) is 54.6. The average molecular weight is 849 g/mol. The summed E-state index contributed by atoms with van der Waals surface area (Å²) in [7, 11) is -3.79. The van der Waals surface area contributed by atoms with Gasteiger partial charge in [0.25, 0.3) is 0 Å². The Morgan fingerprint density at radius 2 is 0.519 bits per heavy atom. The molecular weight excluding hydrogens is 810 g/mol. The fourth-order valence-corrected chi connectivity index (χ4v) is 15.2. The molecule has 2 N–H and O–H groups in total. The monoisotopic (exact) mass is 850 g/mol. The summed E-state index contributed by atoms with van der Waals surface area (Å²) in [6, 6.07) is 67.8. The van der Waals surface area contributed by atoms with E-state index in [4.69, 9.17) is 40.8 Å². The molecule has 0 saturated heterocycles. The van der Waals surface area contributed by atoms with Gasteiger partial charge in [-0.1, -0.05) is 109 Å². The Labute approximate surface area is 330 Å². The predicted molar refractivity (Wildman–Crippen MR) is 199 cm³/mol. The molecule has 6 rings (SSSR count). The molecule has 10 nitrogen and oxygen atoms in total. The van der Waals surface area contributed by atoms with Crippen LogP contribution in [0.2, 0.25) is 0 Å². The summed E-state index contributed by atoms with van der Waals surface area (Å²) in [6.07, 6.45) is 3.37. The van der Waals surface area contributed by atoms with Gasteiger partial charge in [0.05, 0.1) is 24.3 Å². The van der Waals surface area contributed by atoms with E-state index in [1.165, 1.54) is 31.8 Å². The van der Waals surface area contributed by atoms with Gasteiger partial charge >= 0.3 is 0 Å². The van der Waals surface area contributed by atoms with Gasteiger partial charge in [-0.2, -0.15) is 0 Å². The Balaban J connectivity index is 0.00000195. The summed E-state index contributed by atoms with van der Waals surface area (Å²) in [4.78, 5) is 17.9. The topological polar surface area (TPSA) is 232 Å². The normalized spacial score (nSPS) is 9.93. The van der Waals surface area contributed by atoms with Gasteiger partial charge in [-0.05, 0) is 72.8 Å². The van der Waals surface area contributed by atoms with Gasteiger partial charge in [0, 0.05) is 27.5 Å². The van der Waals surface area contributed by atoms with E-state index in [1.807, 2.05) is 0 Å². The van der Waals surface area contributed by atoms with Gasteiger partial charge in [0.2, 0.25) is 0 Å². The first kappa shape index (κ1) is 49.6. The van der Waals surface area contributed by atoms with E-state index in [-0.39, 0.29) is 32.0 Å². The van der Waals surface area contributed by atoms with Crippen LogP contribution in [-0.4, -0.2) is 29.7 Å². The van der Waals surface area contributed by atoms with E-state index in [0.717, 1.165) is 18.7 Å². The van der Waals surface area contributed by atoms with E-state index in [2.05, 4.69) is 182 Å². The molecule has 0 bridgehead atoms. The zero-order valence-corrected chi connectivity index (χ0v) is 32.7. The first-order valence-electron chi connectivity index (χ1n) is 15.8. The van der Waals surface area contributed by atoms with E-state index >= 15 is 0 Å². The molecule has 0 unspecified atom stereocenters. The Bertz CT molecular complexity index is 1530. The van der Waals surface area contributed by atoms with Gasteiger partial charge in [-0.3, -0.25) is 0 Å². The molecule has 0 spiro atoms. The Hall–Kier alpha value is -4.43. The molecule has 0 amide bonds. The summed E-state index contributed by atoms with van der Waals surface area (Å²) < 4.78 is 0. The van der Waals surface area contributed by atoms with Crippen molar-refractivity contribution >= 4 is 58.3 Å². The quantitative estimate of drug-likeness (QED) is 0.0498. The van der Waals surface area contributed by atoms with Crippen LogP contribution in [0.25, 0.3) is 0 Å². The van der Waals surface area contributed by atoms with E-state index in [9.17, 15) is 0 Å². The minimum atomic E-state index is -2.19. The van der Waals surface area contributed by atoms with Crippen LogP contribution >= 0.6 is 14.5 Å². The van der Waals surface area contributed by atoms with E-state index in [0.29, 0.717) is 0 Å². The van der Waals surface area contributed by atoms with Crippen molar-refractivity contribution in [3.63, 3.8) is 0 Å². The third-order valence-corrected chi connectivity index (χ3v) is 17.4. The van der Waals surface area contributed by atoms with Gasteiger partial charge < -0.3 is 51.8 Å². The molecule has 0 radical (unpaired) electrons. The van der Waals surface area contributed by atoms with Crippen LogP contribution in [0.3, 0.4) is 0 Å². The SMILES string of the molecule is O.O=C([O-])C(=O)[O-].[Mo].[O-2].[O-][O-].[O-][O-].c1ccc([P+](CCC[P+](c2ccccc2)(c2ccccc2)c2ccccc2)(c2ccccc2)c2ccccc2)cc1. The number of hydrogen-bond donors (Lipinski definition) is 0. The maximum atomic E-state index is 8.93. The maximum Gasteiger partial charge on any atom is 0.112 e.